The van der Waals surface area contributed by atoms with Crippen molar-refractivity contribution in [2.24, 2.45) is 0 Å². The Morgan fingerprint density at radius 3 is 2.36 bits per heavy atom. The number of aromatic nitrogens is 1. The zero-order chi connectivity index (χ0) is 19.2. The minimum atomic E-state index is -0.259. The van der Waals surface area contributed by atoms with Gasteiger partial charge in [0.05, 0.1) is 13.2 Å². The molecule has 2 aromatic carbocycles. The number of amides is 2. The number of anilines is 2. The summed E-state index contributed by atoms with van der Waals surface area (Å²) in [6.07, 6.45) is 3.94. The van der Waals surface area contributed by atoms with Crippen LogP contribution in [0.3, 0.4) is 0 Å². The molecule has 0 saturated carbocycles. The van der Waals surface area contributed by atoms with Crippen LogP contribution in [-0.2, 0) is 11.3 Å². The van der Waals surface area contributed by atoms with Crippen LogP contribution in [0, 0.1) is 0 Å². The van der Waals surface area contributed by atoms with Crippen molar-refractivity contribution in [2.75, 3.05) is 36.9 Å². The number of hydrogen-bond acceptors (Lipinski definition) is 3. The molecule has 1 aromatic heterocycles. The summed E-state index contributed by atoms with van der Waals surface area (Å²) < 4.78 is 7.38. The zero-order valence-corrected chi connectivity index (χ0v) is 15.7. The highest BCUT2D eigenvalue weighted by atomic mass is 16.5. The van der Waals surface area contributed by atoms with E-state index in [1.165, 1.54) is 5.56 Å². The van der Waals surface area contributed by atoms with E-state index in [4.69, 9.17) is 4.74 Å². The highest BCUT2D eigenvalue weighted by Crippen LogP contribution is 2.16. The molecule has 1 saturated heterocycles. The fraction of sp³-hybridized carbons (Fsp3) is 0.227. The Balaban J connectivity index is 1.33. The molecule has 28 heavy (non-hydrogen) atoms. The van der Waals surface area contributed by atoms with E-state index in [1.807, 2.05) is 65.5 Å². The maximum Gasteiger partial charge on any atom is 0.323 e. The molecule has 0 atom stereocenters. The van der Waals surface area contributed by atoms with Crippen molar-refractivity contribution in [2.45, 2.75) is 6.54 Å². The van der Waals surface area contributed by atoms with Crippen molar-refractivity contribution in [3.63, 3.8) is 0 Å². The number of urea groups is 1. The minimum Gasteiger partial charge on any atom is -0.379 e. The summed E-state index contributed by atoms with van der Waals surface area (Å²) >= 11 is 0. The van der Waals surface area contributed by atoms with Crippen LogP contribution >= 0.6 is 0 Å². The van der Waals surface area contributed by atoms with Crippen LogP contribution < -0.4 is 10.6 Å². The standard InChI is InChI=1S/C22H24N4O2/c27-22(24-20-4-3-5-21(16-20)26-10-1-2-11-26)23-19-8-6-18(7-9-19)17-25-12-14-28-15-13-25/h1-11,16H,12-15,17H2,(H2,23,24,27). The molecule has 0 spiro atoms. The maximum atomic E-state index is 12.3. The number of ether oxygens (including phenoxy) is 1. The minimum absolute atomic E-state index is 0.259. The lowest BCUT2D eigenvalue weighted by Gasteiger charge is -2.26. The van der Waals surface area contributed by atoms with Crippen LogP contribution in [0.5, 0.6) is 0 Å². The van der Waals surface area contributed by atoms with Crippen LogP contribution in [0.15, 0.2) is 73.1 Å². The molecule has 1 fully saturated rings. The largest absolute Gasteiger partial charge is 0.379 e. The Labute approximate surface area is 164 Å². The van der Waals surface area contributed by atoms with Gasteiger partial charge in [-0.05, 0) is 48.0 Å². The lowest BCUT2D eigenvalue weighted by molar-refractivity contribution is 0.0342. The topological polar surface area (TPSA) is 58.5 Å². The Morgan fingerprint density at radius 2 is 1.61 bits per heavy atom. The molecular formula is C22H24N4O2. The van der Waals surface area contributed by atoms with E-state index in [2.05, 4.69) is 27.7 Å². The number of carbonyl (C=O) groups excluding carboxylic acids is 1. The molecule has 1 aliphatic rings. The predicted octanol–water partition coefficient (Wildman–Crippen LogP) is 3.95. The van der Waals surface area contributed by atoms with Gasteiger partial charge in [0, 0.05) is 49.1 Å². The van der Waals surface area contributed by atoms with Crippen LogP contribution in [0.25, 0.3) is 5.69 Å². The van der Waals surface area contributed by atoms with Gasteiger partial charge in [-0.1, -0.05) is 18.2 Å². The first-order valence-electron chi connectivity index (χ1n) is 9.47. The number of morpholine rings is 1. The van der Waals surface area contributed by atoms with Crippen molar-refractivity contribution >= 4 is 17.4 Å². The molecule has 144 valence electrons. The van der Waals surface area contributed by atoms with Crippen LogP contribution in [-0.4, -0.2) is 41.8 Å². The van der Waals surface area contributed by atoms with Gasteiger partial charge in [0.25, 0.3) is 0 Å². The number of nitrogens with one attached hydrogen (secondary N) is 2. The number of hydrogen-bond donors (Lipinski definition) is 2. The quantitative estimate of drug-likeness (QED) is 0.709. The van der Waals surface area contributed by atoms with Gasteiger partial charge in [-0.25, -0.2) is 4.79 Å². The molecule has 0 radical (unpaired) electrons. The van der Waals surface area contributed by atoms with Gasteiger partial charge < -0.3 is 19.9 Å². The van der Waals surface area contributed by atoms with E-state index in [1.54, 1.807) is 0 Å². The fourth-order valence-electron chi connectivity index (χ4n) is 3.26. The number of carbonyl (C=O) groups is 1. The summed E-state index contributed by atoms with van der Waals surface area (Å²) in [4.78, 5) is 14.7. The first-order valence-corrected chi connectivity index (χ1v) is 9.47. The molecule has 6 nitrogen and oxygen atoms in total. The van der Waals surface area contributed by atoms with Crippen molar-refractivity contribution in [1.29, 1.82) is 0 Å². The fourth-order valence-corrected chi connectivity index (χ4v) is 3.26. The van der Waals surface area contributed by atoms with Crippen molar-refractivity contribution in [3.05, 3.63) is 78.6 Å². The van der Waals surface area contributed by atoms with Gasteiger partial charge in [0.15, 0.2) is 0 Å². The first-order chi connectivity index (χ1) is 13.8. The second-order valence-corrected chi connectivity index (χ2v) is 6.81. The normalized spacial score (nSPS) is 14.6. The summed E-state index contributed by atoms with van der Waals surface area (Å²) in [5, 5.41) is 5.77. The summed E-state index contributed by atoms with van der Waals surface area (Å²) in [5.41, 5.74) is 3.74. The highest BCUT2D eigenvalue weighted by Gasteiger charge is 2.10. The molecule has 0 bridgehead atoms. The Hall–Kier alpha value is -3.09. The van der Waals surface area contributed by atoms with E-state index in [0.29, 0.717) is 0 Å². The highest BCUT2D eigenvalue weighted by molar-refractivity contribution is 5.99. The third-order valence-electron chi connectivity index (χ3n) is 4.73. The van der Waals surface area contributed by atoms with Gasteiger partial charge in [0.1, 0.15) is 0 Å². The van der Waals surface area contributed by atoms with E-state index >= 15 is 0 Å². The summed E-state index contributed by atoms with van der Waals surface area (Å²) in [6, 6.07) is 19.4. The van der Waals surface area contributed by atoms with E-state index in [9.17, 15) is 4.79 Å². The van der Waals surface area contributed by atoms with Crippen LogP contribution in [0.1, 0.15) is 5.56 Å². The molecule has 0 unspecified atom stereocenters. The van der Waals surface area contributed by atoms with Crippen LogP contribution in [0.4, 0.5) is 16.2 Å². The zero-order valence-electron chi connectivity index (χ0n) is 15.7. The maximum absolute atomic E-state index is 12.3. The van der Waals surface area contributed by atoms with Crippen molar-refractivity contribution in [1.82, 2.24) is 9.47 Å². The number of rotatable bonds is 5. The third kappa shape index (κ3) is 4.79. The van der Waals surface area contributed by atoms with Gasteiger partial charge >= 0.3 is 6.03 Å². The lowest BCUT2D eigenvalue weighted by Crippen LogP contribution is -2.35. The monoisotopic (exact) mass is 376 g/mol. The second kappa shape index (κ2) is 8.73. The smallest absolute Gasteiger partial charge is 0.323 e. The van der Waals surface area contributed by atoms with E-state index in [0.717, 1.165) is 49.9 Å². The third-order valence-corrected chi connectivity index (χ3v) is 4.73. The average Bonchev–Trinajstić information content (AvgIpc) is 3.25. The Morgan fingerprint density at radius 1 is 0.893 bits per heavy atom. The van der Waals surface area contributed by atoms with E-state index in [-0.39, 0.29) is 6.03 Å². The van der Waals surface area contributed by atoms with Gasteiger partial charge in [0.2, 0.25) is 0 Å². The molecule has 2 N–H and O–H groups in total. The molecule has 2 amide bonds. The number of benzene rings is 2. The van der Waals surface area contributed by atoms with Crippen LogP contribution in [0.2, 0.25) is 0 Å². The lowest BCUT2D eigenvalue weighted by atomic mass is 10.2. The Bertz CT molecular complexity index is 901. The van der Waals surface area contributed by atoms with E-state index < -0.39 is 0 Å². The predicted molar refractivity (Wildman–Crippen MR) is 111 cm³/mol. The SMILES string of the molecule is O=C(Nc1ccc(CN2CCOCC2)cc1)Nc1cccc(-n2cccc2)c1. The average molecular weight is 376 g/mol. The van der Waals surface area contributed by atoms with Gasteiger partial charge in [-0.2, -0.15) is 0 Å². The first kappa shape index (κ1) is 18.3. The molecular weight excluding hydrogens is 352 g/mol. The summed E-state index contributed by atoms with van der Waals surface area (Å²) in [5.74, 6) is 0. The second-order valence-electron chi connectivity index (χ2n) is 6.81. The molecule has 3 aromatic rings. The van der Waals surface area contributed by atoms with Crippen molar-refractivity contribution in [3.8, 4) is 5.69 Å². The summed E-state index contributed by atoms with van der Waals surface area (Å²) in [7, 11) is 0. The van der Waals surface area contributed by atoms with Gasteiger partial charge in [-0.15, -0.1) is 0 Å². The molecule has 2 heterocycles. The number of nitrogens with zero attached hydrogens (tertiary/aromatic N) is 2. The summed E-state index contributed by atoms with van der Waals surface area (Å²) in [6.45, 7) is 4.42. The van der Waals surface area contributed by atoms with Crippen molar-refractivity contribution < 1.29 is 9.53 Å². The molecule has 4 rings (SSSR count). The Kier molecular flexibility index (Phi) is 5.70. The molecule has 6 heteroatoms. The van der Waals surface area contributed by atoms with Gasteiger partial charge in [-0.3, -0.25) is 4.90 Å². The molecule has 0 aliphatic carbocycles. The molecule has 1 aliphatic heterocycles.